The predicted octanol–water partition coefficient (Wildman–Crippen LogP) is 4.72. The van der Waals surface area contributed by atoms with Crippen LogP contribution in [0.3, 0.4) is 0 Å². The molecule has 45 heavy (non-hydrogen) atoms. The molecule has 1 amide bonds. The Balaban J connectivity index is 1.59. The Morgan fingerprint density at radius 1 is 1.18 bits per heavy atom. The standard InChI is InChI=1S/C33H49N7O4S/c1-8-29-25(19-36-40(29)24-12-10-9-11-13-24)26(34)20-39(35)30-16-22(15-14-21(30)2)32(41)37-27-17-23(33(3,4)5)18-28(31(27)44-6)38-45(7,42)43/h14-20,24-25,29,38H,8-13,34-35H2,1-7H3,(H,37,41)/p+1/b26-20-. The van der Waals surface area contributed by atoms with E-state index < -0.39 is 15.9 Å². The Hall–Kier alpha value is -3.61. The second kappa shape index (κ2) is 13.8. The number of nitrogens with one attached hydrogen (secondary N) is 2. The van der Waals surface area contributed by atoms with E-state index in [-0.39, 0.29) is 28.8 Å². The van der Waals surface area contributed by atoms with Crippen LogP contribution in [-0.2, 0) is 15.4 Å². The number of amides is 1. The van der Waals surface area contributed by atoms with Gasteiger partial charge in [0, 0.05) is 17.8 Å². The molecule has 2 unspecified atom stereocenters. The molecule has 7 N–H and O–H groups in total. The Morgan fingerprint density at radius 2 is 1.84 bits per heavy atom. The van der Waals surface area contributed by atoms with Crippen LogP contribution in [0.1, 0.15) is 87.7 Å². The summed E-state index contributed by atoms with van der Waals surface area (Å²) in [5.74, 6) is 6.45. The van der Waals surface area contributed by atoms with Crippen molar-refractivity contribution < 1.29 is 23.7 Å². The van der Waals surface area contributed by atoms with Crippen LogP contribution in [-0.4, -0.2) is 51.0 Å². The molecule has 2 aromatic carbocycles. The van der Waals surface area contributed by atoms with Crippen LogP contribution in [0.5, 0.6) is 5.75 Å². The summed E-state index contributed by atoms with van der Waals surface area (Å²) < 4.78 is 32.3. The van der Waals surface area contributed by atoms with E-state index in [1.165, 1.54) is 44.2 Å². The molecule has 2 aliphatic rings. The number of nitrogens with zero attached hydrogens (tertiary/aromatic N) is 3. The molecule has 11 nitrogen and oxygen atoms in total. The van der Waals surface area contributed by atoms with Crippen LogP contribution in [0.15, 0.2) is 47.3 Å². The van der Waals surface area contributed by atoms with E-state index in [9.17, 15) is 13.2 Å². The predicted molar refractivity (Wildman–Crippen MR) is 182 cm³/mol. The summed E-state index contributed by atoms with van der Waals surface area (Å²) in [7, 11) is -2.17. The van der Waals surface area contributed by atoms with Gasteiger partial charge in [-0.05, 0) is 67.0 Å². The molecular formula is C33H50N7O4S+. The SMILES string of the molecule is CCC1C(/C([NH3+])=C/N(N)c2cc(C(=O)Nc3cc(C(C)(C)C)cc(NS(C)(=O)=O)c3OC)ccc2C)C=NN1C1CCCCC1. The maximum absolute atomic E-state index is 13.6. The smallest absolute Gasteiger partial charge is 0.255 e. The number of hydrogen-bond donors (Lipinski definition) is 4. The first-order chi connectivity index (χ1) is 21.1. The highest BCUT2D eigenvalue weighted by Crippen LogP contribution is 2.39. The molecule has 0 spiro atoms. The zero-order valence-electron chi connectivity index (χ0n) is 27.7. The number of carbonyl (C=O) groups is 1. The van der Waals surface area contributed by atoms with Crippen LogP contribution in [0, 0.1) is 12.8 Å². The van der Waals surface area contributed by atoms with Crippen molar-refractivity contribution in [2.45, 2.75) is 90.6 Å². The Morgan fingerprint density at radius 3 is 2.44 bits per heavy atom. The summed E-state index contributed by atoms with van der Waals surface area (Å²) in [5.41, 5.74) is 8.23. The number of ether oxygens (including phenoxy) is 1. The molecule has 1 aliphatic heterocycles. The number of rotatable bonds is 10. The van der Waals surface area contributed by atoms with E-state index >= 15 is 0 Å². The average molecular weight is 641 g/mol. The molecule has 246 valence electrons. The molecule has 2 atom stereocenters. The van der Waals surface area contributed by atoms with Gasteiger partial charge >= 0.3 is 0 Å². The summed E-state index contributed by atoms with van der Waals surface area (Å²) in [6.07, 6.45) is 12.0. The monoisotopic (exact) mass is 640 g/mol. The maximum Gasteiger partial charge on any atom is 0.255 e. The molecule has 0 radical (unpaired) electrons. The molecule has 1 fully saturated rings. The lowest BCUT2D eigenvalue weighted by Crippen LogP contribution is -2.55. The van der Waals surface area contributed by atoms with Gasteiger partial charge in [-0.25, -0.2) is 14.3 Å². The molecule has 1 heterocycles. The Bertz CT molecular complexity index is 1560. The fraction of sp³-hybridized carbons (Fsp3) is 0.515. The normalized spacial score (nSPS) is 19.5. The van der Waals surface area contributed by atoms with E-state index in [1.54, 1.807) is 24.3 Å². The molecule has 2 aromatic rings. The number of aryl methyl sites for hydroxylation is 1. The quantitative estimate of drug-likeness (QED) is 0.216. The summed E-state index contributed by atoms with van der Waals surface area (Å²) in [5, 5.41) is 11.6. The van der Waals surface area contributed by atoms with Gasteiger partial charge in [0.25, 0.3) is 5.91 Å². The Kier molecular flexibility index (Phi) is 10.5. The fourth-order valence-electron chi connectivity index (χ4n) is 6.20. The summed E-state index contributed by atoms with van der Waals surface area (Å²) in [4.78, 5) is 13.6. The lowest BCUT2D eigenvalue weighted by Gasteiger charge is -2.35. The first kappa shape index (κ1) is 34.3. The second-order valence-corrected chi connectivity index (χ2v) is 15.0. The topological polar surface area (TPSA) is 157 Å². The molecule has 12 heteroatoms. The van der Waals surface area contributed by atoms with Crippen LogP contribution in [0.4, 0.5) is 17.1 Å². The number of nitrogens with two attached hydrogens (primary N) is 1. The number of quaternary nitrogens is 1. The van der Waals surface area contributed by atoms with E-state index in [4.69, 9.17) is 15.7 Å². The average Bonchev–Trinajstić information content (AvgIpc) is 3.41. The minimum Gasteiger partial charge on any atom is -0.492 e. The third kappa shape index (κ3) is 8.16. The van der Waals surface area contributed by atoms with E-state index in [1.807, 2.05) is 46.2 Å². The van der Waals surface area contributed by atoms with Gasteiger partial charge in [-0.1, -0.05) is 53.0 Å². The van der Waals surface area contributed by atoms with Crippen molar-refractivity contribution in [2.75, 3.05) is 28.4 Å². The van der Waals surface area contributed by atoms with Crippen LogP contribution in [0.2, 0.25) is 0 Å². The van der Waals surface area contributed by atoms with Gasteiger partial charge < -0.3 is 15.8 Å². The third-order valence-corrected chi connectivity index (χ3v) is 9.26. The van der Waals surface area contributed by atoms with Gasteiger partial charge in [-0.15, -0.1) is 0 Å². The molecule has 1 aliphatic carbocycles. The minimum atomic E-state index is -3.60. The largest absolute Gasteiger partial charge is 0.492 e. The van der Waals surface area contributed by atoms with Crippen molar-refractivity contribution in [1.29, 1.82) is 0 Å². The highest BCUT2D eigenvalue weighted by atomic mass is 32.2. The highest BCUT2D eigenvalue weighted by Gasteiger charge is 2.37. The van der Waals surface area contributed by atoms with Crippen molar-refractivity contribution >= 4 is 39.2 Å². The molecular weight excluding hydrogens is 590 g/mol. The van der Waals surface area contributed by atoms with E-state index in [0.717, 1.165) is 29.5 Å². The Labute approximate surface area is 268 Å². The number of sulfonamides is 1. The number of benzene rings is 2. The van der Waals surface area contributed by atoms with Gasteiger partial charge in [-0.2, -0.15) is 5.10 Å². The summed E-state index contributed by atoms with van der Waals surface area (Å²) in [6.45, 7) is 10.1. The lowest BCUT2D eigenvalue weighted by atomic mass is 9.86. The van der Waals surface area contributed by atoms with Crippen LogP contribution in [0.25, 0.3) is 0 Å². The van der Waals surface area contributed by atoms with Gasteiger partial charge in [-0.3, -0.25) is 19.5 Å². The van der Waals surface area contributed by atoms with Crippen molar-refractivity contribution in [2.24, 2.45) is 16.9 Å². The van der Waals surface area contributed by atoms with Gasteiger partial charge in [0.15, 0.2) is 5.75 Å². The first-order valence-electron chi connectivity index (χ1n) is 15.6. The second-order valence-electron chi connectivity index (χ2n) is 13.2. The van der Waals surface area contributed by atoms with Gasteiger partial charge in [0.1, 0.15) is 5.70 Å². The minimum absolute atomic E-state index is 0.0482. The molecule has 1 saturated carbocycles. The number of hydrogen-bond acceptors (Lipinski definition) is 8. The van der Waals surface area contributed by atoms with Gasteiger partial charge in [0.2, 0.25) is 10.0 Å². The number of hydrazine groups is 1. The molecule has 0 bridgehead atoms. The lowest BCUT2D eigenvalue weighted by molar-refractivity contribution is -0.313. The third-order valence-electron chi connectivity index (χ3n) is 8.67. The molecule has 4 rings (SSSR count). The number of methoxy groups -OCH3 is 1. The van der Waals surface area contributed by atoms with Gasteiger partial charge in [0.05, 0.1) is 48.6 Å². The summed E-state index contributed by atoms with van der Waals surface area (Å²) >= 11 is 0. The first-order valence-corrected chi connectivity index (χ1v) is 17.5. The zero-order chi connectivity index (χ0) is 33.1. The summed E-state index contributed by atoms with van der Waals surface area (Å²) in [6, 6.07) is 9.55. The number of hydrazone groups is 1. The molecule has 0 saturated heterocycles. The fourth-order valence-corrected chi connectivity index (χ4v) is 6.75. The van der Waals surface area contributed by atoms with Crippen molar-refractivity contribution in [3.63, 3.8) is 0 Å². The molecule has 0 aromatic heterocycles. The van der Waals surface area contributed by atoms with Crippen LogP contribution >= 0.6 is 0 Å². The van der Waals surface area contributed by atoms with Crippen molar-refractivity contribution in [3.05, 3.63) is 58.9 Å². The van der Waals surface area contributed by atoms with Crippen molar-refractivity contribution in [3.8, 4) is 5.75 Å². The highest BCUT2D eigenvalue weighted by molar-refractivity contribution is 7.92. The van der Waals surface area contributed by atoms with E-state index in [2.05, 4.69) is 27.7 Å². The van der Waals surface area contributed by atoms with E-state index in [0.29, 0.717) is 23.0 Å². The number of anilines is 3. The number of carbonyl (C=O) groups excluding carboxylic acids is 1. The van der Waals surface area contributed by atoms with Crippen LogP contribution < -0.4 is 31.4 Å². The zero-order valence-corrected chi connectivity index (χ0v) is 28.5. The maximum atomic E-state index is 13.6. The van der Waals surface area contributed by atoms with Crippen molar-refractivity contribution in [1.82, 2.24) is 5.01 Å².